The molecular weight excluding hydrogens is 204 g/mol. The summed E-state index contributed by atoms with van der Waals surface area (Å²) < 4.78 is 5.38. The van der Waals surface area contributed by atoms with E-state index in [-0.39, 0.29) is 17.9 Å². The molecule has 2 heterocycles. The summed E-state index contributed by atoms with van der Waals surface area (Å²) in [6.45, 7) is 7.49. The van der Waals surface area contributed by atoms with Gasteiger partial charge in [0, 0.05) is 19.1 Å². The summed E-state index contributed by atoms with van der Waals surface area (Å²) in [5.41, 5.74) is 0. The van der Waals surface area contributed by atoms with E-state index >= 15 is 0 Å². The molecule has 0 spiro atoms. The number of hydrogen-bond acceptors (Lipinski definition) is 3. The molecule has 16 heavy (non-hydrogen) atoms. The van der Waals surface area contributed by atoms with E-state index in [0.717, 1.165) is 13.1 Å². The molecule has 4 atom stereocenters. The maximum absolute atomic E-state index is 12.3. The minimum Gasteiger partial charge on any atom is -0.379 e. The molecule has 0 aromatic rings. The number of carbonyl (C=O) groups excluding carboxylic acids is 1. The van der Waals surface area contributed by atoms with Gasteiger partial charge in [-0.15, -0.1) is 0 Å². The number of likely N-dealkylation sites (tertiary alicyclic amines) is 1. The van der Waals surface area contributed by atoms with Crippen LogP contribution in [0.15, 0.2) is 0 Å². The van der Waals surface area contributed by atoms with Crippen molar-refractivity contribution in [2.45, 2.75) is 19.9 Å². The molecule has 92 valence electrons. The highest BCUT2D eigenvalue weighted by Gasteiger charge is 2.39. The molecule has 0 radical (unpaired) electrons. The van der Waals surface area contributed by atoms with Gasteiger partial charge in [-0.2, -0.15) is 0 Å². The van der Waals surface area contributed by atoms with Crippen molar-refractivity contribution in [3.63, 3.8) is 0 Å². The Labute approximate surface area is 97.3 Å². The Bertz CT molecular complexity index is 260. The third kappa shape index (κ3) is 2.09. The number of nitrogens with one attached hydrogen (secondary N) is 1. The largest absolute Gasteiger partial charge is 0.379 e. The number of ether oxygens (including phenoxy) is 1. The molecule has 4 heteroatoms. The maximum atomic E-state index is 12.3. The fourth-order valence-electron chi connectivity index (χ4n) is 2.63. The lowest BCUT2D eigenvalue weighted by atomic mass is 10.0. The van der Waals surface area contributed by atoms with Crippen LogP contribution in [0.4, 0.5) is 0 Å². The second kappa shape index (κ2) is 4.72. The van der Waals surface area contributed by atoms with Crippen LogP contribution in [0.25, 0.3) is 0 Å². The van der Waals surface area contributed by atoms with E-state index in [4.69, 9.17) is 4.74 Å². The normalized spacial score (nSPS) is 39.3. The molecule has 0 saturated carbocycles. The summed E-state index contributed by atoms with van der Waals surface area (Å²) in [5, 5.41) is 3.17. The van der Waals surface area contributed by atoms with Gasteiger partial charge in [-0.3, -0.25) is 4.79 Å². The fourth-order valence-corrected chi connectivity index (χ4v) is 2.63. The van der Waals surface area contributed by atoms with Crippen LogP contribution in [0.3, 0.4) is 0 Å². The number of carbonyl (C=O) groups is 1. The van der Waals surface area contributed by atoms with E-state index < -0.39 is 0 Å². The molecule has 2 fully saturated rings. The average molecular weight is 226 g/mol. The summed E-state index contributed by atoms with van der Waals surface area (Å²) in [4.78, 5) is 14.3. The first kappa shape index (κ1) is 11.9. The Kier molecular flexibility index (Phi) is 3.50. The van der Waals surface area contributed by atoms with Gasteiger partial charge in [0.1, 0.15) is 0 Å². The second-order valence-corrected chi connectivity index (χ2v) is 5.24. The SMILES string of the molecule is CNC1COCC1C(=O)N1CC(C)C(C)C1. The van der Waals surface area contributed by atoms with E-state index in [1.165, 1.54) is 0 Å². The third-order valence-corrected chi connectivity index (χ3v) is 4.07. The molecule has 4 unspecified atom stereocenters. The lowest BCUT2D eigenvalue weighted by Crippen LogP contribution is -2.44. The zero-order valence-electron chi connectivity index (χ0n) is 10.4. The van der Waals surface area contributed by atoms with Crippen LogP contribution in [0.2, 0.25) is 0 Å². The predicted octanol–water partition coefficient (Wildman–Crippen LogP) is 0.335. The molecule has 1 N–H and O–H groups in total. The fraction of sp³-hybridized carbons (Fsp3) is 0.917. The Morgan fingerprint density at radius 3 is 2.44 bits per heavy atom. The third-order valence-electron chi connectivity index (χ3n) is 4.07. The monoisotopic (exact) mass is 226 g/mol. The molecule has 2 rings (SSSR count). The topological polar surface area (TPSA) is 41.6 Å². The van der Waals surface area contributed by atoms with Gasteiger partial charge in [0.15, 0.2) is 0 Å². The second-order valence-electron chi connectivity index (χ2n) is 5.24. The predicted molar refractivity (Wildman–Crippen MR) is 62.1 cm³/mol. The van der Waals surface area contributed by atoms with E-state index in [9.17, 15) is 4.79 Å². The van der Waals surface area contributed by atoms with Crippen molar-refractivity contribution in [2.24, 2.45) is 17.8 Å². The number of likely N-dealkylation sites (N-methyl/N-ethyl adjacent to an activating group) is 1. The van der Waals surface area contributed by atoms with Crippen molar-refractivity contribution in [1.29, 1.82) is 0 Å². The van der Waals surface area contributed by atoms with Gasteiger partial charge in [-0.1, -0.05) is 13.8 Å². The number of amides is 1. The van der Waals surface area contributed by atoms with E-state index in [2.05, 4.69) is 19.2 Å². The standard InChI is InChI=1S/C12H22N2O2/c1-8-4-14(5-9(8)2)12(15)10-6-16-7-11(10)13-3/h8-11,13H,4-7H2,1-3H3. The van der Waals surface area contributed by atoms with Gasteiger partial charge in [-0.25, -0.2) is 0 Å². The summed E-state index contributed by atoms with van der Waals surface area (Å²) in [6, 6.07) is 0.193. The molecule has 2 saturated heterocycles. The number of nitrogens with zero attached hydrogens (tertiary/aromatic N) is 1. The number of rotatable bonds is 2. The van der Waals surface area contributed by atoms with Gasteiger partial charge in [-0.05, 0) is 18.9 Å². The zero-order chi connectivity index (χ0) is 11.7. The van der Waals surface area contributed by atoms with E-state index in [1.807, 2.05) is 11.9 Å². The summed E-state index contributed by atoms with van der Waals surface area (Å²) in [5.74, 6) is 1.54. The highest BCUT2D eigenvalue weighted by molar-refractivity contribution is 5.80. The molecular formula is C12H22N2O2. The minimum absolute atomic E-state index is 0.0162. The Hall–Kier alpha value is -0.610. The molecule has 0 bridgehead atoms. The van der Waals surface area contributed by atoms with Gasteiger partial charge in [0.25, 0.3) is 0 Å². The Balaban J connectivity index is 1.97. The summed E-state index contributed by atoms with van der Waals surface area (Å²) in [7, 11) is 1.90. The smallest absolute Gasteiger partial charge is 0.229 e. The molecule has 0 aromatic carbocycles. The maximum Gasteiger partial charge on any atom is 0.229 e. The first-order valence-corrected chi connectivity index (χ1v) is 6.17. The zero-order valence-corrected chi connectivity index (χ0v) is 10.4. The first-order valence-electron chi connectivity index (χ1n) is 6.17. The van der Waals surface area contributed by atoms with Gasteiger partial charge in [0.2, 0.25) is 5.91 Å². The molecule has 2 aliphatic rings. The quantitative estimate of drug-likeness (QED) is 0.738. The van der Waals surface area contributed by atoms with E-state index in [0.29, 0.717) is 25.0 Å². The van der Waals surface area contributed by atoms with Crippen molar-refractivity contribution in [3.8, 4) is 0 Å². The minimum atomic E-state index is 0.0162. The molecule has 2 aliphatic heterocycles. The summed E-state index contributed by atoms with van der Waals surface area (Å²) in [6.07, 6.45) is 0. The van der Waals surface area contributed by atoms with Crippen LogP contribution in [0.1, 0.15) is 13.8 Å². The van der Waals surface area contributed by atoms with Crippen molar-refractivity contribution in [2.75, 3.05) is 33.4 Å². The van der Waals surface area contributed by atoms with E-state index in [1.54, 1.807) is 0 Å². The van der Waals surface area contributed by atoms with Crippen LogP contribution in [-0.2, 0) is 9.53 Å². The van der Waals surface area contributed by atoms with Gasteiger partial charge >= 0.3 is 0 Å². The van der Waals surface area contributed by atoms with Crippen LogP contribution in [0, 0.1) is 17.8 Å². The highest BCUT2D eigenvalue weighted by atomic mass is 16.5. The van der Waals surface area contributed by atoms with Crippen molar-refractivity contribution < 1.29 is 9.53 Å². The molecule has 4 nitrogen and oxygen atoms in total. The Morgan fingerprint density at radius 2 is 1.88 bits per heavy atom. The first-order chi connectivity index (χ1) is 7.63. The van der Waals surface area contributed by atoms with Crippen molar-refractivity contribution >= 4 is 5.91 Å². The van der Waals surface area contributed by atoms with Gasteiger partial charge < -0.3 is 15.0 Å². The lowest BCUT2D eigenvalue weighted by molar-refractivity contribution is -0.135. The molecule has 1 amide bonds. The van der Waals surface area contributed by atoms with Gasteiger partial charge in [0.05, 0.1) is 19.1 Å². The Morgan fingerprint density at radius 1 is 1.25 bits per heavy atom. The molecule has 0 aromatic heterocycles. The summed E-state index contributed by atoms with van der Waals surface area (Å²) >= 11 is 0. The lowest BCUT2D eigenvalue weighted by Gasteiger charge is -2.23. The van der Waals surface area contributed by atoms with Crippen molar-refractivity contribution in [1.82, 2.24) is 10.2 Å². The van der Waals surface area contributed by atoms with Crippen molar-refractivity contribution in [3.05, 3.63) is 0 Å². The molecule has 0 aliphatic carbocycles. The van der Waals surface area contributed by atoms with Crippen LogP contribution < -0.4 is 5.32 Å². The number of hydrogen-bond donors (Lipinski definition) is 1. The van der Waals surface area contributed by atoms with Crippen LogP contribution in [-0.4, -0.2) is 50.2 Å². The van der Waals surface area contributed by atoms with Crippen LogP contribution in [0.5, 0.6) is 0 Å². The van der Waals surface area contributed by atoms with Crippen LogP contribution >= 0.6 is 0 Å². The highest BCUT2D eigenvalue weighted by Crippen LogP contribution is 2.25. The average Bonchev–Trinajstić information content (AvgIpc) is 2.85.